The van der Waals surface area contributed by atoms with Crippen molar-refractivity contribution in [2.24, 2.45) is 0 Å². The lowest BCUT2D eigenvalue weighted by Crippen LogP contribution is -2.52. The molecule has 1 aromatic heterocycles. The van der Waals surface area contributed by atoms with E-state index in [2.05, 4.69) is 16.0 Å². The van der Waals surface area contributed by atoms with Crippen LogP contribution in [0.1, 0.15) is 30.4 Å². The summed E-state index contributed by atoms with van der Waals surface area (Å²) in [4.78, 5) is 15.9. The highest BCUT2D eigenvalue weighted by molar-refractivity contribution is 7.89. The van der Waals surface area contributed by atoms with Gasteiger partial charge in [0.15, 0.2) is 0 Å². The molecule has 0 saturated carbocycles. The van der Waals surface area contributed by atoms with Crippen molar-refractivity contribution in [1.82, 2.24) is 14.2 Å². The van der Waals surface area contributed by atoms with Crippen LogP contribution in [0.3, 0.4) is 0 Å². The van der Waals surface area contributed by atoms with E-state index in [1.807, 2.05) is 31.3 Å². The molecule has 0 bridgehead atoms. The van der Waals surface area contributed by atoms with Gasteiger partial charge in [-0.25, -0.2) is 13.2 Å². The van der Waals surface area contributed by atoms with Crippen molar-refractivity contribution >= 4 is 16.0 Å². The quantitative estimate of drug-likeness (QED) is 0.648. The molecule has 3 heterocycles. The summed E-state index contributed by atoms with van der Waals surface area (Å²) in [5.74, 6) is -2.76. The molecule has 12 heteroatoms. The number of morpholine rings is 1. The first-order valence-electron chi connectivity index (χ1n) is 11.5. The maximum atomic E-state index is 13.1. The van der Waals surface area contributed by atoms with Crippen LogP contribution in [-0.2, 0) is 26.1 Å². The molecule has 36 heavy (non-hydrogen) atoms. The van der Waals surface area contributed by atoms with Gasteiger partial charge in [-0.1, -0.05) is 23.8 Å². The van der Waals surface area contributed by atoms with Gasteiger partial charge in [0.05, 0.1) is 17.1 Å². The average Bonchev–Trinajstić information content (AvgIpc) is 3.03. The normalized spacial score (nSPS) is 21.9. The second-order valence-corrected chi connectivity index (χ2v) is 10.9. The molecule has 1 N–H and O–H groups in total. The number of alkyl halides is 3. The zero-order valence-electron chi connectivity index (χ0n) is 19.9. The molecule has 2 saturated heterocycles. The van der Waals surface area contributed by atoms with Crippen LogP contribution in [0.15, 0.2) is 53.7 Å². The Morgan fingerprint density at radius 2 is 1.83 bits per heavy atom. The Bertz CT molecular complexity index is 1110. The fraction of sp³-hybridized carbons (Fsp3) is 0.500. The molecule has 0 radical (unpaired) electrons. The van der Waals surface area contributed by atoms with Crippen molar-refractivity contribution in [1.29, 1.82) is 0 Å². The standard InChI is InChI=1S/C22H29N3O3S.C2HF3O2/c1-19-5-7-21(8-6-19)29(26,27)25-12-3-9-22(10-13-25)18-24(14-15-28-22)17-20-4-2-11-23-16-20;3-2(4,5)1(6)7/h2,4-8,11,16H,3,9-10,12-15,17-18H2,1H3;(H,6,7). The Kier molecular flexibility index (Phi) is 9.09. The first-order chi connectivity index (χ1) is 16.9. The van der Waals surface area contributed by atoms with Crippen molar-refractivity contribution in [3.05, 3.63) is 59.9 Å². The van der Waals surface area contributed by atoms with Crippen molar-refractivity contribution in [3.63, 3.8) is 0 Å². The minimum Gasteiger partial charge on any atom is -0.475 e. The molecule has 0 amide bonds. The van der Waals surface area contributed by atoms with Gasteiger partial charge in [0.2, 0.25) is 10.0 Å². The lowest BCUT2D eigenvalue weighted by molar-refractivity contribution is -0.192. The summed E-state index contributed by atoms with van der Waals surface area (Å²) in [6.45, 7) is 6.27. The van der Waals surface area contributed by atoms with Gasteiger partial charge in [-0.05, 0) is 49.9 Å². The zero-order valence-corrected chi connectivity index (χ0v) is 20.8. The predicted octanol–water partition coefficient (Wildman–Crippen LogP) is 3.47. The number of carbonyl (C=O) groups is 1. The third-order valence-corrected chi connectivity index (χ3v) is 8.13. The van der Waals surface area contributed by atoms with E-state index in [0.29, 0.717) is 24.6 Å². The Hall–Kier alpha value is -2.54. The topological polar surface area (TPSA) is 100 Å². The number of benzene rings is 1. The fourth-order valence-electron chi connectivity index (χ4n) is 4.35. The molecule has 1 spiro atoms. The number of aliphatic carboxylic acids is 1. The van der Waals surface area contributed by atoms with Crippen LogP contribution < -0.4 is 0 Å². The van der Waals surface area contributed by atoms with Crippen molar-refractivity contribution in [3.8, 4) is 0 Å². The molecular weight excluding hydrogens is 499 g/mol. The number of carboxylic acids is 1. The molecule has 0 aliphatic carbocycles. The first kappa shape index (κ1) is 28.0. The Labute approximate surface area is 208 Å². The van der Waals surface area contributed by atoms with Crippen LogP contribution in [-0.4, -0.2) is 78.2 Å². The monoisotopic (exact) mass is 529 g/mol. The van der Waals surface area contributed by atoms with Crippen molar-refractivity contribution in [2.45, 2.75) is 49.4 Å². The summed E-state index contributed by atoms with van der Waals surface area (Å²) in [6, 6.07) is 11.2. The van der Waals surface area contributed by atoms with E-state index in [1.54, 1.807) is 22.6 Å². The van der Waals surface area contributed by atoms with Crippen molar-refractivity contribution < 1.29 is 36.2 Å². The van der Waals surface area contributed by atoms with Crippen LogP contribution in [0.25, 0.3) is 0 Å². The number of hydrogen-bond acceptors (Lipinski definition) is 6. The van der Waals surface area contributed by atoms with E-state index in [1.165, 1.54) is 5.56 Å². The lowest BCUT2D eigenvalue weighted by Gasteiger charge is -2.42. The SMILES string of the molecule is Cc1ccc(S(=O)(=O)N2CCCC3(CC2)CN(Cc2cccnc2)CCO3)cc1.O=C(O)C(F)(F)F. The highest BCUT2D eigenvalue weighted by Gasteiger charge is 2.40. The third kappa shape index (κ3) is 7.48. The smallest absolute Gasteiger partial charge is 0.475 e. The molecule has 2 aromatic rings. The number of aryl methyl sites for hydroxylation is 1. The van der Waals surface area contributed by atoms with E-state index in [4.69, 9.17) is 14.6 Å². The molecule has 8 nitrogen and oxygen atoms in total. The van der Waals surface area contributed by atoms with Crippen molar-refractivity contribution in [2.75, 3.05) is 32.8 Å². The molecule has 2 fully saturated rings. The third-order valence-electron chi connectivity index (χ3n) is 6.21. The van der Waals surface area contributed by atoms with Crippen LogP contribution in [0, 0.1) is 6.92 Å². The van der Waals surface area contributed by atoms with Crippen LogP contribution in [0.4, 0.5) is 13.2 Å². The number of halogens is 3. The van der Waals surface area contributed by atoms with Gasteiger partial charge in [-0.3, -0.25) is 9.88 Å². The molecule has 2 aliphatic heterocycles. The number of carboxylic acid groups (broad SMARTS) is 1. The number of pyridine rings is 1. The van der Waals surface area contributed by atoms with Crippen LogP contribution >= 0.6 is 0 Å². The van der Waals surface area contributed by atoms with E-state index in [-0.39, 0.29) is 5.60 Å². The largest absolute Gasteiger partial charge is 0.490 e. The van der Waals surface area contributed by atoms with Gasteiger partial charge < -0.3 is 9.84 Å². The van der Waals surface area contributed by atoms with Crippen LogP contribution in [0.5, 0.6) is 0 Å². The minimum atomic E-state index is -5.08. The molecule has 1 unspecified atom stereocenters. The zero-order chi connectivity index (χ0) is 26.4. The number of hydrogen-bond donors (Lipinski definition) is 1. The minimum absolute atomic E-state index is 0.266. The maximum absolute atomic E-state index is 13.1. The van der Waals surface area contributed by atoms with Crippen LogP contribution in [0.2, 0.25) is 0 Å². The molecule has 198 valence electrons. The van der Waals surface area contributed by atoms with E-state index < -0.39 is 22.2 Å². The Morgan fingerprint density at radius 3 is 2.44 bits per heavy atom. The van der Waals surface area contributed by atoms with Gasteiger partial charge >= 0.3 is 12.1 Å². The first-order valence-corrected chi connectivity index (χ1v) is 13.0. The van der Waals surface area contributed by atoms with E-state index in [9.17, 15) is 21.6 Å². The summed E-state index contributed by atoms with van der Waals surface area (Å²) >= 11 is 0. The molecule has 4 rings (SSSR count). The van der Waals surface area contributed by atoms with Gasteiger partial charge in [-0.2, -0.15) is 17.5 Å². The number of aromatic nitrogens is 1. The number of nitrogens with zero attached hydrogens (tertiary/aromatic N) is 3. The molecule has 1 atom stereocenters. The lowest BCUT2D eigenvalue weighted by atomic mass is 9.92. The summed E-state index contributed by atoms with van der Waals surface area (Å²) in [5, 5.41) is 7.12. The van der Waals surface area contributed by atoms with Gasteiger partial charge in [-0.15, -0.1) is 0 Å². The summed E-state index contributed by atoms with van der Waals surface area (Å²) in [7, 11) is -3.46. The molecular formula is C24H30F3N3O5S. The Morgan fingerprint density at radius 1 is 1.14 bits per heavy atom. The number of ether oxygens (including phenoxy) is 1. The highest BCUT2D eigenvalue weighted by atomic mass is 32.2. The summed E-state index contributed by atoms with van der Waals surface area (Å²) in [5.41, 5.74) is 1.99. The van der Waals surface area contributed by atoms with Gasteiger partial charge in [0.25, 0.3) is 0 Å². The van der Waals surface area contributed by atoms with Gasteiger partial charge in [0, 0.05) is 45.1 Å². The predicted molar refractivity (Wildman–Crippen MR) is 126 cm³/mol. The molecule has 1 aromatic carbocycles. The van der Waals surface area contributed by atoms with E-state index in [0.717, 1.165) is 44.5 Å². The van der Waals surface area contributed by atoms with Gasteiger partial charge in [0.1, 0.15) is 0 Å². The highest BCUT2D eigenvalue weighted by Crippen LogP contribution is 2.32. The van der Waals surface area contributed by atoms with E-state index >= 15 is 0 Å². The Balaban J connectivity index is 0.000000454. The summed E-state index contributed by atoms with van der Waals surface area (Å²) in [6.07, 6.45) is 1.04. The molecule has 2 aliphatic rings. The second kappa shape index (κ2) is 11.7. The number of rotatable bonds is 4. The summed E-state index contributed by atoms with van der Waals surface area (Å²) < 4.78 is 65.8. The average molecular weight is 530 g/mol. The fourth-order valence-corrected chi connectivity index (χ4v) is 5.83. The second-order valence-electron chi connectivity index (χ2n) is 8.98. The number of sulfonamides is 1. The maximum Gasteiger partial charge on any atom is 0.490 e.